The Balaban J connectivity index is 2.84. The quantitative estimate of drug-likeness (QED) is 0.847. The second-order valence-corrected chi connectivity index (χ2v) is 5.86. The van der Waals surface area contributed by atoms with Crippen LogP contribution in [0.1, 0.15) is 19.4 Å². The molecular weight excluding hydrogens is 254 g/mol. The Morgan fingerprint density at radius 1 is 1.28 bits per heavy atom. The van der Waals surface area contributed by atoms with E-state index < -0.39 is 21.5 Å². The molecular formula is C12H15NO4S. The number of benzene rings is 1. The number of aliphatic carboxylic acids is 1. The van der Waals surface area contributed by atoms with Gasteiger partial charge in [-0.3, -0.25) is 4.79 Å². The number of hydrogen-bond donors (Lipinski definition) is 2. The normalized spacial score (nSPS) is 12.8. The van der Waals surface area contributed by atoms with E-state index in [1.165, 1.54) is 19.9 Å². The van der Waals surface area contributed by atoms with Crippen LogP contribution in [0.5, 0.6) is 0 Å². The largest absolute Gasteiger partial charge is 0.480 e. The molecule has 0 aromatic heterocycles. The van der Waals surface area contributed by atoms with Crippen LogP contribution in [0, 0.1) is 0 Å². The fourth-order valence-corrected chi connectivity index (χ4v) is 2.37. The maximum Gasteiger partial charge on any atom is 0.324 e. The van der Waals surface area contributed by atoms with E-state index in [0.717, 1.165) is 11.0 Å². The van der Waals surface area contributed by atoms with Crippen LogP contribution in [-0.2, 0) is 14.8 Å². The molecule has 1 aromatic carbocycles. The van der Waals surface area contributed by atoms with E-state index >= 15 is 0 Å². The minimum atomic E-state index is -3.79. The number of carbonyl (C=O) groups is 1. The van der Waals surface area contributed by atoms with Crippen LogP contribution in [0.25, 0.3) is 6.08 Å². The Morgan fingerprint density at radius 2 is 1.83 bits per heavy atom. The fourth-order valence-electron chi connectivity index (χ4n) is 1.17. The number of rotatable bonds is 5. The van der Waals surface area contributed by atoms with E-state index in [1.807, 2.05) is 6.07 Å². The minimum Gasteiger partial charge on any atom is -0.480 e. The van der Waals surface area contributed by atoms with Gasteiger partial charge < -0.3 is 5.11 Å². The zero-order valence-electron chi connectivity index (χ0n) is 10.1. The van der Waals surface area contributed by atoms with Crippen LogP contribution in [0.4, 0.5) is 0 Å². The van der Waals surface area contributed by atoms with Gasteiger partial charge in [-0.2, -0.15) is 4.72 Å². The Bertz CT molecular complexity index is 547. The van der Waals surface area contributed by atoms with Crippen LogP contribution >= 0.6 is 0 Å². The lowest BCUT2D eigenvalue weighted by Gasteiger charge is -2.19. The molecule has 0 saturated carbocycles. The first kappa shape index (κ1) is 14.4. The second kappa shape index (κ2) is 5.32. The van der Waals surface area contributed by atoms with Crippen molar-refractivity contribution in [3.63, 3.8) is 0 Å². The first-order valence-corrected chi connectivity index (χ1v) is 6.78. The van der Waals surface area contributed by atoms with Crippen molar-refractivity contribution in [1.82, 2.24) is 4.72 Å². The van der Waals surface area contributed by atoms with Crippen LogP contribution in [0.3, 0.4) is 0 Å². The molecule has 0 bridgehead atoms. The van der Waals surface area contributed by atoms with Gasteiger partial charge in [-0.25, -0.2) is 8.42 Å². The van der Waals surface area contributed by atoms with Crippen molar-refractivity contribution in [2.75, 3.05) is 0 Å². The summed E-state index contributed by atoms with van der Waals surface area (Å²) in [6.07, 6.45) is 1.40. The third kappa shape index (κ3) is 4.31. The molecule has 98 valence electrons. The monoisotopic (exact) mass is 269 g/mol. The van der Waals surface area contributed by atoms with Crippen LogP contribution in [-0.4, -0.2) is 25.0 Å². The van der Waals surface area contributed by atoms with Gasteiger partial charge in [-0.1, -0.05) is 30.3 Å². The Kier molecular flexibility index (Phi) is 4.26. The average molecular weight is 269 g/mol. The summed E-state index contributed by atoms with van der Waals surface area (Å²) in [4.78, 5) is 10.8. The molecule has 0 aliphatic heterocycles. The van der Waals surface area contributed by atoms with Gasteiger partial charge in [-0.15, -0.1) is 0 Å². The lowest BCUT2D eigenvalue weighted by Crippen LogP contribution is -2.48. The first-order chi connectivity index (χ1) is 8.23. The van der Waals surface area contributed by atoms with Gasteiger partial charge in [0.1, 0.15) is 5.54 Å². The van der Waals surface area contributed by atoms with Crippen molar-refractivity contribution in [2.45, 2.75) is 19.4 Å². The van der Waals surface area contributed by atoms with Crippen molar-refractivity contribution >= 4 is 22.1 Å². The fraction of sp³-hybridized carbons (Fsp3) is 0.250. The summed E-state index contributed by atoms with van der Waals surface area (Å²) in [7, 11) is -3.79. The minimum absolute atomic E-state index is 0.719. The highest BCUT2D eigenvalue weighted by Gasteiger charge is 2.31. The molecule has 6 heteroatoms. The van der Waals surface area contributed by atoms with Gasteiger partial charge in [-0.05, 0) is 25.5 Å². The van der Waals surface area contributed by atoms with Gasteiger partial charge in [0.25, 0.3) is 0 Å². The highest BCUT2D eigenvalue weighted by Crippen LogP contribution is 2.07. The van der Waals surface area contributed by atoms with Crippen LogP contribution < -0.4 is 4.72 Å². The van der Waals surface area contributed by atoms with Crippen molar-refractivity contribution in [3.05, 3.63) is 41.3 Å². The molecule has 0 fully saturated rings. The molecule has 0 aliphatic carbocycles. The molecule has 1 rings (SSSR count). The van der Waals surface area contributed by atoms with Crippen molar-refractivity contribution in [2.24, 2.45) is 0 Å². The van der Waals surface area contributed by atoms with E-state index in [1.54, 1.807) is 24.3 Å². The summed E-state index contributed by atoms with van der Waals surface area (Å²) < 4.78 is 25.4. The maximum absolute atomic E-state index is 11.7. The van der Waals surface area contributed by atoms with Gasteiger partial charge in [0, 0.05) is 5.41 Å². The van der Waals surface area contributed by atoms with Crippen molar-refractivity contribution < 1.29 is 18.3 Å². The summed E-state index contributed by atoms with van der Waals surface area (Å²) in [5.41, 5.74) is -0.823. The highest BCUT2D eigenvalue weighted by molar-refractivity contribution is 7.92. The topological polar surface area (TPSA) is 83.5 Å². The van der Waals surface area contributed by atoms with E-state index in [2.05, 4.69) is 4.72 Å². The van der Waals surface area contributed by atoms with Gasteiger partial charge in [0.2, 0.25) is 10.0 Å². The Morgan fingerprint density at radius 3 is 2.33 bits per heavy atom. The number of hydrogen-bond acceptors (Lipinski definition) is 3. The standard InChI is InChI=1S/C12H15NO4S/c1-12(2,11(14)15)13-18(16,17)9-8-10-6-4-3-5-7-10/h3-9,13H,1-2H3,(H,14,15). The number of carboxylic acid groups (broad SMARTS) is 1. The smallest absolute Gasteiger partial charge is 0.324 e. The first-order valence-electron chi connectivity index (χ1n) is 5.23. The molecule has 0 atom stereocenters. The summed E-state index contributed by atoms with van der Waals surface area (Å²) in [6, 6.07) is 8.86. The van der Waals surface area contributed by atoms with Gasteiger partial charge in [0.15, 0.2) is 0 Å². The SMILES string of the molecule is CC(C)(NS(=O)(=O)C=Cc1ccccc1)C(=O)O. The molecule has 0 saturated heterocycles. The van der Waals surface area contributed by atoms with Crippen molar-refractivity contribution in [1.29, 1.82) is 0 Å². The molecule has 0 radical (unpaired) electrons. The summed E-state index contributed by atoms with van der Waals surface area (Å²) >= 11 is 0. The van der Waals surface area contributed by atoms with E-state index in [0.29, 0.717) is 0 Å². The molecule has 5 nitrogen and oxygen atoms in total. The number of carboxylic acids is 1. The predicted molar refractivity (Wildman–Crippen MR) is 69.2 cm³/mol. The molecule has 0 spiro atoms. The predicted octanol–water partition coefficient (Wildman–Crippen LogP) is 1.44. The molecule has 18 heavy (non-hydrogen) atoms. The highest BCUT2D eigenvalue weighted by atomic mass is 32.2. The molecule has 0 aliphatic rings. The summed E-state index contributed by atoms with van der Waals surface area (Å²) in [5.74, 6) is -1.24. The molecule has 0 amide bonds. The van der Waals surface area contributed by atoms with Gasteiger partial charge in [0.05, 0.1) is 0 Å². The van der Waals surface area contributed by atoms with Crippen LogP contribution in [0.2, 0.25) is 0 Å². The summed E-state index contributed by atoms with van der Waals surface area (Å²) in [6.45, 7) is 2.56. The molecule has 2 N–H and O–H groups in total. The van der Waals surface area contributed by atoms with E-state index in [-0.39, 0.29) is 0 Å². The van der Waals surface area contributed by atoms with E-state index in [4.69, 9.17) is 5.11 Å². The van der Waals surface area contributed by atoms with Gasteiger partial charge >= 0.3 is 5.97 Å². The molecule has 0 heterocycles. The van der Waals surface area contributed by atoms with Crippen LogP contribution in [0.15, 0.2) is 35.7 Å². The zero-order chi connectivity index (χ0) is 13.8. The number of sulfonamides is 1. The third-order valence-corrected chi connectivity index (χ3v) is 3.46. The Hall–Kier alpha value is -1.66. The Labute approximate surface area is 106 Å². The second-order valence-electron chi connectivity index (χ2n) is 4.29. The summed E-state index contributed by atoms with van der Waals surface area (Å²) in [5, 5.41) is 9.79. The van der Waals surface area contributed by atoms with E-state index in [9.17, 15) is 13.2 Å². The maximum atomic E-state index is 11.7. The average Bonchev–Trinajstić information content (AvgIpc) is 2.26. The van der Waals surface area contributed by atoms with Crippen molar-refractivity contribution in [3.8, 4) is 0 Å². The molecule has 0 unspecified atom stereocenters. The lowest BCUT2D eigenvalue weighted by atomic mass is 10.1. The third-order valence-electron chi connectivity index (χ3n) is 2.17. The molecule has 1 aromatic rings. The zero-order valence-corrected chi connectivity index (χ0v) is 10.9. The lowest BCUT2D eigenvalue weighted by molar-refractivity contribution is -0.142. The number of nitrogens with one attached hydrogen (secondary N) is 1.